The minimum Gasteiger partial charge on any atom is -0.493 e. The zero-order valence-corrected chi connectivity index (χ0v) is 13.6. The Morgan fingerprint density at radius 2 is 1.74 bits per heavy atom. The predicted molar refractivity (Wildman–Crippen MR) is 89.4 cm³/mol. The van der Waals surface area contributed by atoms with Crippen molar-refractivity contribution in [1.29, 1.82) is 0 Å². The van der Waals surface area contributed by atoms with Gasteiger partial charge >= 0.3 is 0 Å². The molecule has 0 aromatic heterocycles. The molecule has 1 unspecified atom stereocenters. The summed E-state index contributed by atoms with van der Waals surface area (Å²) in [4.78, 5) is 12.4. The molecule has 3 N–H and O–H groups in total. The zero-order valence-electron chi connectivity index (χ0n) is 13.6. The first kappa shape index (κ1) is 16.8. The lowest BCUT2D eigenvalue weighted by Crippen LogP contribution is -2.48. The summed E-state index contributed by atoms with van der Waals surface area (Å²) in [5, 5.41) is 2.87. The number of ether oxygens (including phenoxy) is 2. The highest BCUT2D eigenvalue weighted by molar-refractivity contribution is 5.86. The van der Waals surface area contributed by atoms with Gasteiger partial charge in [-0.1, -0.05) is 36.4 Å². The van der Waals surface area contributed by atoms with Crippen LogP contribution in [0.25, 0.3) is 0 Å². The highest BCUT2D eigenvalue weighted by atomic mass is 16.5. The van der Waals surface area contributed by atoms with Crippen LogP contribution in [0, 0.1) is 0 Å². The van der Waals surface area contributed by atoms with Crippen molar-refractivity contribution in [2.75, 3.05) is 14.2 Å². The third kappa shape index (κ3) is 3.81. The molecule has 0 radical (unpaired) electrons. The quantitative estimate of drug-likeness (QED) is 0.857. The van der Waals surface area contributed by atoms with E-state index < -0.39 is 5.54 Å². The highest BCUT2D eigenvalue weighted by Gasteiger charge is 2.29. The standard InChI is InChI=1S/C18H22N2O3/c1-18(19,14-7-5-4-6-8-14)17(21)20-12-13-9-10-15(22-2)16(11-13)23-3/h4-11H,12,19H2,1-3H3,(H,20,21). The van der Waals surface area contributed by atoms with Crippen LogP contribution in [0.1, 0.15) is 18.1 Å². The smallest absolute Gasteiger partial charge is 0.244 e. The average Bonchev–Trinajstić information content (AvgIpc) is 2.59. The fourth-order valence-electron chi connectivity index (χ4n) is 2.27. The second kappa shape index (κ2) is 7.15. The van der Waals surface area contributed by atoms with Crippen molar-refractivity contribution >= 4 is 5.91 Å². The Kier molecular flexibility index (Phi) is 5.24. The lowest BCUT2D eigenvalue weighted by molar-refractivity contribution is -0.126. The normalized spacial score (nSPS) is 13.0. The molecule has 0 heterocycles. The number of methoxy groups -OCH3 is 2. The number of nitrogens with two attached hydrogens (primary N) is 1. The molecule has 2 aromatic rings. The van der Waals surface area contributed by atoms with Crippen LogP contribution in [-0.2, 0) is 16.9 Å². The van der Waals surface area contributed by atoms with Crippen LogP contribution >= 0.6 is 0 Å². The monoisotopic (exact) mass is 314 g/mol. The second-order valence-electron chi connectivity index (χ2n) is 5.44. The Hall–Kier alpha value is -2.53. The molecule has 0 saturated heterocycles. The second-order valence-corrected chi connectivity index (χ2v) is 5.44. The molecule has 5 nitrogen and oxygen atoms in total. The van der Waals surface area contributed by atoms with Crippen molar-refractivity contribution in [1.82, 2.24) is 5.32 Å². The van der Waals surface area contributed by atoms with Gasteiger partial charge in [-0.25, -0.2) is 0 Å². The van der Waals surface area contributed by atoms with Crippen LogP contribution in [0.4, 0.5) is 0 Å². The number of carbonyl (C=O) groups excluding carboxylic acids is 1. The molecule has 0 saturated carbocycles. The zero-order chi connectivity index (χ0) is 16.9. The largest absolute Gasteiger partial charge is 0.493 e. The number of nitrogens with one attached hydrogen (secondary N) is 1. The Labute approximate surface area is 136 Å². The number of rotatable bonds is 6. The molecule has 5 heteroatoms. The van der Waals surface area contributed by atoms with E-state index in [9.17, 15) is 4.79 Å². The number of hydrogen-bond donors (Lipinski definition) is 2. The summed E-state index contributed by atoms with van der Waals surface area (Å²) >= 11 is 0. The number of benzene rings is 2. The summed E-state index contributed by atoms with van der Waals surface area (Å²) in [5.74, 6) is 1.03. The average molecular weight is 314 g/mol. The fourth-order valence-corrected chi connectivity index (χ4v) is 2.27. The van der Waals surface area contributed by atoms with Crippen LogP contribution in [0.3, 0.4) is 0 Å². The molecule has 2 rings (SSSR count). The van der Waals surface area contributed by atoms with Gasteiger partial charge in [-0.05, 0) is 30.2 Å². The van der Waals surface area contributed by atoms with E-state index in [0.717, 1.165) is 11.1 Å². The molecule has 122 valence electrons. The van der Waals surface area contributed by atoms with Crippen LogP contribution in [-0.4, -0.2) is 20.1 Å². The van der Waals surface area contributed by atoms with Gasteiger partial charge in [0.25, 0.3) is 0 Å². The molecule has 2 aromatic carbocycles. The summed E-state index contributed by atoms with van der Waals surface area (Å²) in [6, 6.07) is 14.8. The van der Waals surface area contributed by atoms with E-state index in [2.05, 4.69) is 5.32 Å². The van der Waals surface area contributed by atoms with Crippen LogP contribution in [0.5, 0.6) is 11.5 Å². The van der Waals surface area contributed by atoms with Gasteiger partial charge < -0.3 is 20.5 Å². The lowest BCUT2D eigenvalue weighted by Gasteiger charge is -2.24. The minimum atomic E-state index is -1.09. The first-order valence-corrected chi connectivity index (χ1v) is 7.32. The summed E-state index contributed by atoms with van der Waals surface area (Å²) in [7, 11) is 3.16. The molecule has 1 amide bonds. The van der Waals surface area contributed by atoms with Gasteiger partial charge in [-0.2, -0.15) is 0 Å². The molecular formula is C18H22N2O3. The van der Waals surface area contributed by atoms with Gasteiger partial charge in [-0.3, -0.25) is 4.79 Å². The van der Waals surface area contributed by atoms with Gasteiger partial charge in [0.1, 0.15) is 5.54 Å². The van der Waals surface area contributed by atoms with Crippen molar-refractivity contribution < 1.29 is 14.3 Å². The van der Waals surface area contributed by atoms with Crippen molar-refractivity contribution in [3.8, 4) is 11.5 Å². The summed E-state index contributed by atoms with van der Waals surface area (Å²) in [6.07, 6.45) is 0. The Balaban J connectivity index is 2.07. The van der Waals surface area contributed by atoms with Crippen molar-refractivity contribution in [3.05, 3.63) is 59.7 Å². The number of amides is 1. The minimum absolute atomic E-state index is 0.238. The first-order valence-electron chi connectivity index (χ1n) is 7.32. The van der Waals surface area contributed by atoms with Gasteiger partial charge in [-0.15, -0.1) is 0 Å². The van der Waals surface area contributed by atoms with Gasteiger partial charge in [0.2, 0.25) is 5.91 Å². The topological polar surface area (TPSA) is 73.6 Å². The Bertz CT molecular complexity index is 669. The molecule has 0 aliphatic rings. The molecule has 1 atom stereocenters. The van der Waals surface area contributed by atoms with Crippen LogP contribution < -0.4 is 20.5 Å². The first-order chi connectivity index (χ1) is 11.0. The predicted octanol–water partition coefficient (Wildman–Crippen LogP) is 2.19. The molecular weight excluding hydrogens is 292 g/mol. The summed E-state index contributed by atoms with van der Waals surface area (Å²) in [5.41, 5.74) is 6.78. The summed E-state index contributed by atoms with van der Waals surface area (Å²) < 4.78 is 10.5. The van der Waals surface area contributed by atoms with Gasteiger partial charge in [0.05, 0.1) is 14.2 Å². The van der Waals surface area contributed by atoms with Crippen LogP contribution in [0.15, 0.2) is 48.5 Å². The molecule has 23 heavy (non-hydrogen) atoms. The van der Waals surface area contributed by atoms with E-state index in [-0.39, 0.29) is 5.91 Å². The van der Waals surface area contributed by atoms with Crippen LogP contribution in [0.2, 0.25) is 0 Å². The van der Waals surface area contributed by atoms with E-state index in [0.29, 0.717) is 18.0 Å². The van der Waals surface area contributed by atoms with E-state index in [4.69, 9.17) is 15.2 Å². The van der Waals surface area contributed by atoms with E-state index >= 15 is 0 Å². The number of hydrogen-bond acceptors (Lipinski definition) is 4. The SMILES string of the molecule is COc1ccc(CNC(=O)C(C)(N)c2ccccc2)cc1OC. The third-order valence-electron chi connectivity index (χ3n) is 3.75. The maximum Gasteiger partial charge on any atom is 0.244 e. The maximum atomic E-state index is 12.4. The Morgan fingerprint density at radius 1 is 1.09 bits per heavy atom. The van der Waals surface area contributed by atoms with Crippen molar-refractivity contribution in [3.63, 3.8) is 0 Å². The number of carbonyl (C=O) groups is 1. The van der Waals surface area contributed by atoms with Gasteiger partial charge in [0.15, 0.2) is 11.5 Å². The van der Waals surface area contributed by atoms with E-state index in [1.54, 1.807) is 27.2 Å². The highest BCUT2D eigenvalue weighted by Crippen LogP contribution is 2.27. The molecule has 0 aliphatic carbocycles. The molecule has 0 bridgehead atoms. The molecule has 0 fully saturated rings. The maximum absolute atomic E-state index is 12.4. The fraction of sp³-hybridized carbons (Fsp3) is 0.278. The van der Waals surface area contributed by atoms with E-state index in [1.807, 2.05) is 42.5 Å². The molecule has 0 aliphatic heterocycles. The Morgan fingerprint density at radius 3 is 2.35 bits per heavy atom. The summed E-state index contributed by atoms with van der Waals surface area (Å²) in [6.45, 7) is 2.06. The van der Waals surface area contributed by atoms with E-state index in [1.165, 1.54) is 0 Å². The van der Waals surface area contributed by atoms with Crippen molar-refractivity contribution in [2.45, 2.75) is 19.0 Å². The van der Waals surface area contributed by atoms with Gasteiger partial charge in [0, 0.05) is 6.54 Å². The molecule has 0 spiro atoms. The van der Waals surface area contributed by atoms with Crippen molar-refractivity contribution in [2.24, 2.45) is 5.73 Å². The lowest BCUT2D eigenvalue weighted by atomic mass is 9.92. The third-order valence-corrected chi connectivity index (χ3v) is 3.75.